The molecule has 1 heterocycles. The molecule has 3 aromatic carbocycles. The average molecular weight is 536 g/mol. The highest BCUT2D eigenvalue weighted by Crippen LogP contribution is 2.43. The maximum Gasteiger partial charge on any atom is 0.300 e. The predicted molar refractivity (Wildman–Crippen MR) is 139 cm³/mol. The number of Topliss-reactive ketones (excluding diaryl/α,β-unsaturated/α-hetero) is 1. The number of ether oxygens (including phenoxy) is 2. The number of amides is 1. The van der Waals surface area contributed by atoms with E-state index in [9.17, 15) is 14.7 Å². The van der Waals surface area contributed by atoms with Crippen molar-refractivity contribution in [3.8, 4) is 11.5 Å². The molecule has 1 aliphatic heterocycles. The Balaban J connectivity index is 1.90. The van der Waals surface area contributed by atoms with Crippen LogP contribution in [0.4, 0.5) is 5.69 Å². The standard InChI is InChI=1S/C28H26BrNO5/c1-4-34-21-12-9-18(10-13-21)25-24(26(31)19-11-14-23(29)17(3)15-19)27(32)28(33)30(25)20-7-6-8-22(16-20)35-5-2/h6-16,25,31H,4-5H2,1-3H3/b26-24+. The number of hydrogen-bond acceptors (Lipinski definition) is 5. The number of benzene rings is 3. The number of halogens is 1. The van der Waals surface area contributed by atoms with Crippen LogP contribution in [0.25, 0.3) is 5.76 Å². The summed E-state index contributed by atoms with van der Waals surface area (Å²) in [4.78, 5) is 28.1. The van der Waals surface area contributed by atoms with Crippen LogP contribution in [0.1, 0.15) is 36.6 Å². The third-order valence-corrected chi connectivity index (χ3v) is 6.68. The van der Waals surface area contributed by atoms with E-state index in [1.165, 1.54) is 4.90 Å². The number of rotatable bonds is 7. The van der Waals surface area contributed by atoms with E-state index >= 15 is 0 Å². The molecule has 1 atom stereocenters. The molecule has 7 heteroatoms. The van der Waals surface area contributed by atoms with E-state index in [-0.39, 0.29) is 11.3 Å². The average Bonchev–Trinajstić information content (AvgIpc) is 3.12. The summed E-state index contributed by atoms with van der Waals surface area (Å²) in [5, 5.41) is 11.3. The molecule has 35 heavy (non-hydrogen) atoms. The molecule has 0 aliphatic carbocycles. The van der Waals surface area contributed by atoms with Crippen LogP contribution in [-0.2, 0) is 9.59 Å². The molecule has 0 aromatic heterocycles. The fourth-order valence-electron chi connectivity index (χ4n) is 4.16. The highest BCUT2D eigenvalue weighted by molar-refractivity contribution is 9.10. The predicted octanol–water partition coefficient (Wildman–Crippen LogP) is 6.18. The minimum absolute atomic E-state index is 0.0303. The van der Waals surface area contributed by atoms with Crippen LogP contribution < -0.4 is 14.4 Å². The molecule has 1 aliphatic rings. The van der Waals surface area contributed by atoms with Gasteiger partial charge in [-0.25, -0.2) is 0 Å². The lowest BCUT2D eigenvalue weighted by atomic mass is 9.94. The van der Waals surface area contributed by atoms with Crippen LogP contribution in [0.3, 0.4) is 0 Å². The second-order valence-electron chi connectivity index (χ2n) is 8.07. The Morgan fingerprint density at radius 1 is 0.943 bits per heavy atom. The normalized spacial score (nSPS) is 17.0. The summed E-state index contributed by atoms with van der Waals surface area (Å²) in [6.07, 6.45) is 0. The Morgan fingerprint density at radius 2 is 1.63 bits per heavy atom. The van der Waals surface area contributed by atoms with Crippen molar-refractivity contribution in [2.45, 2.75) is 26.8 Å². The minimum atomic E-state index is -0.827. The van der Waals surface area contributed by atoms with E-state index in [0.29, 0.717) is 41.5 Å². The molecule has 1 amide bonds. The zero-order valence-corrected chi connectivity index (χ0v) is 21.3. The molecule has 0 bridgehead atoms. The van der Waals surface area contributed by atoms with Crippen LogP contribution in [0.5, 0.6) is 11.5 Å². The summed E-state index contributed by atoms with van der Waals surface area (Å²) in [5.74, 6) is -0.422. The van der Waals surface area contributed by atoms with Crippen molar-refractivity contribution in [3.63, 3.8) is 0 Å². The highest BCUT2D eigenvalue weighted by Gasteiger charge is 2.47. The van der Waals surface area contributed by atoms with Gasteiger partial charge in [-0.3, -0.25) is 14.5 Å². The van der Waals surface area contributed by atoms with Gasteiger partial charge in [0.15, 0.2) is 0 Å². The highest BCUT2D eigenvalue weighted by atomic mass is 79.9. The number of ketones is 1. The summed E-state index contributed by atoms with van der Waals surface area (Å²) < 4.78 is 12.1. The van der Waals surface area contributed by atoms with Gasteiger partial charge in [-0.05, 0) is 68.3 Å². The van der Waals surface area contributed by atoms with Crippen LogP contribution >= 0.6 is 15.9 Å². The van der Waals surface area contributed by atoms with Crippen molar-refractivity contribution in [2.24, 2.45) is 0 Å². The van der Waals surface area contributed by atoms with Crippen LogP contribution in [0.15, 0.2) is 76.8 Å². The Bertz CT molecular complexity index is 1300. The molecular formula is C28H26BrNO5. The van der Waals surface area contributed by atoms with Gasteiger partial charge in [0.05, 0.1) is 24.8 Å². The van der Waals surface area contributed by atoms with E-state index in [2.05, 4.69) is 15.9 Å². The summed E-state index contributed by atoms with van der Waals surface area (Å²) in [7, 11) is 0. The largest absolute Gasteiger partial charge is 0.507 e. The molecule has 1 fully saturated rings. The van der Waals surface area contributed by atoms with Crippen LogP contribution in [-0.4, -0.2) is 30.0 Å². The molecule has 0 saturated carbocycles. The first-order valence-corrected chi connectivity index (χ1v) is 12.2. The molecule has 1 saturated heterocycles. The Kier molecular flexibility index (Phi) is 7.26. The minimum Gasteiger partial charge on any atom is -0.507 e. The van der Waals surface area contributed by atoms with E-state index in [4.69, 9.17) is 9.47 Å². The van der Waals surface area contributed by atoms with Crippen LogP contribution in [0, 0.1) is 6.92 Å². The SMILES string of the molecule is CCOc1ccc(C2/C(=C(\O)c3ccc(Br)c(C)c3)C(=O)C(=O)N2c2cccc(OCC)c2)cc1. The third kappa shape index (κ3) is 4.82. The van der Waals surface area contributed by atoms with E-state index in [1.54, 1.807) is 66.7 Å². The fraction of sp³-hybridized carbons (Fsp3) is 0.214. The number of aryl methyl sites for hydroxylation is 1. The van der Waals surface area contributed by atoms with Gasteiger partial charge in [0.1, 0.15) is 17.3 Å². The van der Waals surface area contributed by atoms with Gasteiger partial charge in [-0.2, -0.15) is 0 Å². The molecule has 3 aromatic rings. The van der Waals surface area contributed by atoms with E-state index in [0.717, 1.165) is 10.0 Å². The van der Waals surface area contributed by atoms with Crippen molar-refractivity contribution >= 4 is 39.1 Å². The second kappa shape index (κ2) is 10.4. The first-order chi connectivity index (χ1) is 16.8. The molecule has 0 spiro atoms. The van der Waals surface area contributed by atoms with Gasteiger partial charge in [0.2, 0.25) is 0 Å². The summed E-state index contributed by atoms with van der Waals surface area (Å²) in [6.45, 7) is 6.65. The zero-order valence-electron chi connectivity index (χ0n) is 19.7. The van der Waals surface area contributed by atoms with Gasteiger partial charge >= 0.3 is 0 Å². The van der Waals surface area contributed by atoms with Crippen molar-refractivity contribution < 1.29 is 24.2 Å². The molecular weight excluding hydrogens is 510 g/mol. The molecule has 180 valence electrons. The zero-order chi connectivity index (χ0) is 25.1. The number of nitrogens with zero attached hydrogens (tertiary/aromatic N) is 1. The number of hydrogen-bond donors (Lipinski definition) is 1. The lowest BCUT2D eigenvalue weighted by molar-refractivity contribution is -0.132. The molecule has 1 N–H and O–H groups in total. The number of carbonyl (C=O) groups is 2. The lowest BCUT2D eigenvalue weighted by Gasteiger charge is -2.26. The van der Waals surface area contributed by atoms with Gasteiger partial charge in [-0.15, -0.1) is 0 Å². The number of aliphatic hydroxyl groups is 1. The van der Waals surface area contributed by atoms with E-state index < -0.39 is 17.7 Å². The number of carbonyl (C=O) groups excluding carboxylic acids is 2. The van der Waals surface area contributed by atoms with Gasteiger partial charge in [0, 0.05) is 21.8 Å². The number of anilines is 1. The van der Waals surface area contributed by atoms with Gasteiger partial charge in [-0.1, -0.05) is 40.2 Å². The molecule has 4 rings (SSSR count). The molecule has 6 nitrogen and oxygen atoms in total. The first kappa shape index (κ1) is 24.5. The van der Waals surface area contributed by atoms with E-state index in [1.807, 2.05) is 20.8 Å². The quantitative estimate of drug-likeness (QED) is 0.222. The fourth-order valence-corrected chi connectivity index (χ4v) is 4.41. The Labute approximate surface area is 212 Å². The van der Waals surface area contributed by atoms with Gasteiger partial charge < -0.3 is 14.6 Å². The topological polar surface area (TPSA) is 76.1 Å². The monoisotopic (exact) mass is 535 g/mol. The van der Waals surface area contributed by atoms with Crippen molar-refractivity contribution in [1.82, 2.24) is 0 Å². The maximum atomic E-state index is 13.4. The third-order valence-electron chi connectivity index (χ3n) is 5.79. The van der Waals surface area contributed by atoms with Crippen LogP contribution in [0.2, 0.25) is 0 Å². The Hall–Kier alpha value is -3.58. The number of aliphatic hydroxyl groups excluding tert-OH is 1. The first-order valence-electron chi connectivity index (χ1n) is 11.4. The summed E-state index contributed by atoms with van der Waals surface area (Å²) >= 11 is 3.46. The smallest absolute Gasteiger partial charge is 0.300 e. The Morgan fingerprint density at radius 3 is 2.29 bits per heavy atom. The molecule has 1 unspecified atom stereocenters. The molecule has 0 radical (unpaired) electrons. The lowest BCUT2D eigenvalue weighted by Crippen LogP contribution is -2.29. The summed E-state index contributed by atoms with van der Waals surface area (Å²) in [6, 6.07) is 18.7. The van der Waals surface area contributed by atoms with Crippen molar-refractivity contribution in [2.75, 3.05) is 18.1 Å². The second-order valence-corrected chi connectivity index (χ2v) is 8.92. The van der Waals surface area contributed by atoms with Gasteiger partial charge in [0.25, 0.3) is 11.7 Å². The van der Waals surface area contributed by atoms with Crippen molar-refractivity contribution in [3.05, 3.63) is 93.5 Å². The summed E-state index contributed by atoms with van der Waals surface area (Å²) in [5.41, 5.74) is 2.56. The maximum absolute atomic E-state index is 13.4. The van der Waals surface area contributed by atoms with Crippen molar-refractivity contribution in [1.29, 1.82) is 0 Å².